The highest BCUT2D eigenvalue weighted by Gasteiger charge is 2.44. The number of ether oxygens (including phenoxy) is 1. The van der Waals surface area contributed by atoms with Gasteiger partial charge in [0.25, 0.3) is 7.82 Å². The number of nitrogen functional groups attached to an aromatic ring is 1. The minimum absolute atomic E-state index is 0.0988. The molecule has 670 valence electrons. The summed E-state index contributed by atoms with van der Waals surface area (Å²) in [5.74, 6) is -0.0988. The van der Waals surface area contributed by atoms with E-state index in [9.17, 15) is 67.5 Å². The predicted octanol–water partition coefficient (Wildman–Crippen LogP) is -13.5. The van der Waals surface area contributed by atoms with Crippen LogP contribution in [0.15, 0.2) is 17.1 Å². The third-order valence-electron chi connectivity index (χ3n) is 11.0. The second-order valence-corrected chi connectivity index (χ2v) is 39.7. The van der Waals surface area contributed by atoms with Gasteiger partial charge < -0.3 is 193 Å². The number of quaternary nitrogens is 10. The molecule has 50 heteroatoms. The molecule has 1 saturated heterocycles. The molecule has 5 atom stereocenters. The second-order valence-electron chi connectivity index (χ2n) is 33.7. The van der Waals surface area contributed by atoms with Crippen LogP contribution in [-0.2, 0) is 40.7 Å². The number of phosphoric ester groups is 1. The molecule has 0 aliphatic carbocycles. The number of anilines is 1. The third-order valence-corrected chi connectivity index (χ3v) is 14.6. The van der Waals surface area contributed by atoms with E-state index in [0.717, 1.165) is 121 Å². The molecule has 0 spiro atoms. The predicted molar refractivity (Wildman–Crippen MR) is 395 cm³/mol. The molecule has 1 aromatic rings. The average molecular weight is 1710 g/mol. The van der Waals surface area contributed by atoms with Crippen LogP contribution in [0.5, 0.6) is 0 Å². The van der Waals surface area contributed by atoms with Crippen molar-refractivity contribution in [3.63, 3.8) is 0 Å². The van der Waals surface area contributed by atoms with Gasteiger partial charge in [0.2, 0.25) is 0 Å². The Kier molecular flexibility index (Phi) is 75.1. The maximum absolute atomic E-state index is 11.7. The molecule has 14 N–H and O–H groups in total. The molecule has 1 unspecified atom stereocenters. The van der Waals surface area contributed by atoms with Crippen LogP contribution in [0.2, 0.25) is 0 Å². The number of phosphoric acid groups is 5. The van der Waals surface area contributed by atoms with Crippen molar-refractivity contribution in [1.82, 2.24) is 9.55 Å². The molecular weight excluding hydrogens is 1560 g/mol. The smallest absolute Gasteiger partial charge is 0.351 e. The number of hydrogen-bond acceptors (Lipinski definition) is 34. The van der Waals surface area contributed by atoms with Crippen molar-refractivity contribution in [3.8, 4) is 0 Å². The molecule has 1 aromatic heterocycles. The fourth-order valence-corrected chi connectivity index (χ4v) is 7.63. The van der Waals surface area contributed by atoms with Gasteiger partial charge in [-0.3, -0.25) is 13.4 Å². The van der Waals surface area contributed by atoms with Gasteiger partial charge in [-0.1, -0.05) is 0 Å². The molecule has 1 aliphatic rings. The molecule has 1 fully saturated rings. The molecule has 109 heavy (non-hydrogen) atoms. The number of nitrogens with two attached hydrogens (primary N) is 1. The van der Waals surface area contributed by atoms with Crippen LogP contribution in [-0.4, -0.2) is 484 Å². The van der Waals surface area contributed by atoms with E-state index in [-0.39, 0.29) is 71.9 Å². The van der Waals surface area contributed by atoms with Crippen LogP contribution < -0.4 is 60.4 Å². The zero-order valence-electron chi connectivity index (χ0n) is 71.0. The molecule has 2 rings (SSSR count). The summed E-state index contributed by atoms with van der Waals surface area (Å²) >= 11 is 0. The van der Waals surface area contributed by atoms with Crippen LogP contribution in [0.25, 0.3) is 0 Å². The lowest BCUT2D eigenvalue weighted by molar-refractivity contribution is -0.870. The van der Waals surface area contributed by atoms with Crippen LogP contribution in [0.1, 0.15) is 6.23 Å². The first-order valence-electron chi connectivity index (χ1n) is 33.4. The van der Waals surface area contributed by atoms with Crippen LogP contribution in [0.4, 0.5) is 5.82 Å². The van der Waals surface area contributed by atoms with Crippen molar-refractivity contribution in [2.45, 2.75) is 24.5 Å². The lowest BCUT2D eigenvalue weighted by Gasteiger charge is -2.39. The quantitative estimate of drug-likeness (QED) is 0.0274. The Bertz CT molecular complexity index is 2320. The van der Waals surface area contributed by atoms with Crippen molar-refractivity contribution in [3.05, 3.63) is 22.7 Å². The van der Waals surface area contributed by atoms with Crippen molar-refractivity contribution in [2.24, 2.45) is 0 Å². The largest absolute Gasteiger partial charge is 0.822 e. The highest BCUT2D eigenvalue weighted by molar-refractivity contribution is 7.58. The van der Waals surface area contributed by atoms with E-state index in [2.05, 4.69) is 230 Å². The number of rotatable bonds is 28. The lowest BCUT2D eigenvalue weighted by Crippen LogP contribution is -2.36. The average Bonchev–Trinajstić information content (AvgIpc) is 1.66. The van der Waals surface area contributed by atoms with E-state index in [1.54, 1.807) is 0 Å². The van der Waals surface area contributed by atoms with Gasteiger partial charge in [-0.05, 0) is 6.07 Å². The summed E-state index contributed by atoms with van der Waals surface area (Å²) in [5, 5.41) is 104. The molecule has 2 heterocycles. The number of aliphatic hydroxyl groups is 12. The minimum Gasteiger partial charge on any atom is -0.822 e. The molecular formula is C59H152N13O32P5. The first-order chi connectivity index (χ1) is 47.7. The number of nitrogens with zero attached hydrogens (tertiary/aromatic N) is 12. The number of aromatic nitrogens is 2. The standard InChI is InChI=1S/C9H15N3O11P2.10C5H14NO.H4O7P2.H3O4P/c10-5-1-2-12(9(15)11-5)8-7(14)6(13)4(22-8)3-21-25(19,20)23-24(16,17)18;10*1-6(2,3)4-5-7;1-8(2,3)7-9(4,5)6;1-5(2,3)4/h1-2,4,6-8,13-14H,3H2,(H,19,20)(H2,10,11,15)(H2,16,17,18);10*7H,4-5H2,1-3H3;(H2,1,2,3)(H2,4,5,6);(H3,1,2,3,4)/q;10*+1;;/p-10/t4-,6-,7-,8-;;;;;;;;;;;;/m1............/s1. The van der Waals surface area contributed by atoms with Crippen LogP contribution >= 0.6 is 39.1 Å². The van der Waals surface area contributed by atoms with Crippen molar-refractivity contribution in [1.29, 1.82) is 0 Å². The Hall–Kier alpha value is -1.61. The van der Waals surface area contributed by atoms with Gasteiger partial charge in [0.15, 0.2) is 6.23 Å². The number of likely N-dealkylation sites (N-methyl/N-ethyl adjacent to an activating group) is 10. The fraction of sp³-hybridized carbons (Fsp3) is 0.932. The second kappa shape index (κ2) is 62.6. The molecule has 1 aliphatic heterocycles. The molecule has 0 amide bonds. The van der Waals surface area contributed by atoms with E-state index in [1.807, 2.05) is 0 Å². The Labute approximate surface area is 650 Å². The van der Waals surface area contributed by atoms with Crippen molar-refractivity contribution in [2.75, 3.05) is 355 Å². The highest BCUT2D eigenvalue weighted by Crippen LogP contribution is 2.51. The normalized spacial score (nSPS) is 16.1. The Morgan fingerprint density at radius 2 is 0.560 bits per heavy atom. The van der Waals surface area contributed by atoms with Crippen LogP contribution in [0, 0.1) is 0 Å². The summed E-state index contributed by atoms with van der Waals surface area (Å²) in [6, 6.07) is 1.22. The molecule has 0 saturated carbocycles. The van der Waals surface area contributed by atoms with Gasteiger partial charge in [0, 0.05) is 6.20 Å². The monoisotopic (exact) mass is 1710 g/mol. The van der Waals surface area contributed by atoms with Gasteiger partial charge in [-0.2, -0.15) is 12.8 Å². The zero-order chi connectivity index (χ0) is 90.3. The van der Waals surface area contributed by atoms with E-state index in [4.69, 9.17) is 80.8 Å². The molecule has 0 radical (unpaired) electrons. The fourth-order valence-electron chi connectivity index (χ4n) is 5.15. The Morgan fingerprint density at radius 1 is 0.376 bits per heavy atom. The maximum atomic E-state index is 11.7. The van der Waals surface area contributed by atoms with Gasteiger partial charge in [-0.25, -0.2) is 4.79 Å². The van der Waals surface area contributed by atoms with Gasteiger partial charge in [0.1, 0.15) is 89.6 Å². The van der Waals surface area contributed by atoms with Gasteiger partial charge >= 0.3 is 5.69 Å². The Balaban J connectivity index is -0.000000111. The SMILES string of the molecule is C[N+](C)(C)CCO.C[N+](C)(C)CCO.C[N+](C)(C)CCO.C[N+](C)(C)CCO.C[N+](C)(C)CCO.C[N+](C)(C)CCO.C[N+](C)(C)CCO.C[N+](C)(C)CCO.C[N+](C)(C)CCO.C[N+](C)(C)CCO.Nc1ccn([C@@H]2O[C@H](COP(=O)([O-])OP(=O)([O-])[O-])[C@@H](O)[C@H]2O)c(=O)n1.O=P([O-])([O-])OP(=O)([O-])[O-].O=P([O-])([O-])[O-]. The summed E-state index contributed by atoms with van der Waals surface area (Å²) in [5.41, 5.74) is 4.40. The summed E-state index contributed by atoms with van der Waals surface area (Å²) < 4.78 is 72.9. The van der Waals surface area contributed by atoms with E-state index in [1.165, 1.54) is 6.07 Å². The topological polar surface area (TPSA) is 657 Å². The summed E-state index contributed by atoms with van der Waals surface area (Å²) in [6.07, 6.45) is -5.19. The summed E-state index contributed by atoms with van der Waals surface area (Å²) in [4.78, 5) is 110. The maximum Gasteiger partial charge on any atom is 0.351 e. The Morgan fingerprint density at radius 3 is 0.688 bits per heavy atom. The van der Waals surface area contributed by atoms with E-state index >= 15 is 0 Å². The first-order valence-corrected chi connectivity index (χ1v) is 40.7. The summed E-state index contributed by atoms with van der Waals surface area (Å²) in [7, 11) is 33.4. The van der Waals surface area contributed by atoms with E-state index < -0.39 is 75.9 Å². The van der Waals surface area contributed by atoms with Gasteiger partial charge in [0.05, 0.1) is 308 Å². The first kappa shape index (κ1) is 131. The molecule has 0 aromatic carbocycles. The molecule has 0 bridgehead atoms. The van der Waals surface area contributed by atoms with Gasteiger partial charge in [-0.15, -0.1) is 0 Å². The van der Waals surface area contributed by atoms with Crippen molar-refractivity contribution >= 4 is 44.9 Å². The molecule has 45 nitrogen and oxygen atoms in total. The van der Waals surface area contributed by atoms with Crippen molar-refractivity contribution < 1.29 is 196 Å². The zero-order valence-corrected chi connectivity index (χ0v) is 75.5. The number of aliphatic hydroxyl groups excluding tert-OH is 12. The van der Waals surface area contributed by atoms with E-state index in [0.29, 0.717) is 0 Å². The highest BCUT2D eigenvalue weighted by atomic mass is 31.3. The minimum atomic E-state index is -5.87. The lowest BCUT2D eigenvalue weighted by atomic mass is 10.1. The third kappa shape index (κ3) is 145. The number of hydrogen-bond donors (Lipinski definition) is 13. The van der Waals surface area contributed by atoms with Crippen LogP contribution in [0.3, 0.4) is 0 Å². The summed E-state index contributed by atoms with van der Waals surface area (Å²) in [6.45, 7) is 10.2.